The van der Waals surface area contributed by atoms with Crippen LogP contribution in [-0.4, -0.2) is 9.97 Å². The van der Waals surface area contributed by atoms with Gasteiger partial charge in [-0.05, 0) is 30.7 Å². The molecule has 0 fully saturated rings. The minimum atomic E-state index is -0.219. The van der Waals surface area contributed by atoms with E-state index in [-0.39, 0.29) is 5.82 Å². The Morgan fingerprint density at radius 1 is 1.28 bits per heavy atom. The fourth-order valence-corrected chi connectivity index (χ4v) is 3.04. The van der Waals surface area contributed by atoms with E-state index in [0.717, 1.165) is 28.3 Å². The first-order valence-corrected chi connectivity index (χ1v) is 6.80. The lowest BCUT2D eigenvalue weighted by Gasteiger charge is -2.07. The molecule has 18 heavy (non-hydrogen) atoms. The molecule has 3 nitrogen and oxygen atoms in total. The molecule has 92 valence electrons. The molecule has 2 aromatic rings. The summed E-state index contributed by atoms with van der Waals surface area (Å²) in [6, 6.07) is 4.87. The molecule has 2 heterocycles. The predicted molar refractivity (Wildman–Crippen MR) is 71.6 cm³/mol. The number of hydrogen-bond acceptors (Lipinski definition) is 4. The maximum absolute atomic E-state index is 13.2. The first kappa shape index (κ1) is 11.5. The number of rotatable bonds is 1. The standard InChI is InChI=1S/C13H12FN3S/c1-7-4-8(2-3-10(7)14)13-16-11-6-18-5-9(11)12(15)17-13/h2-4H,5-6H2,1H3,(H2,15,16,17). The summed E-state index contributed by atoms with van der Waals surface area (Å²) in [5, 5.41) is 0. The van der Waals surface area contributed by atoms with Gasteiger partial charge in [0.1, 0.15) is 11.6 Å². The summed E-state index contributed by atoms with van der Waals surface area (Å²) in [5.74, 6) is 2.65. The van der Waals surface area contributed by atoms with Crippen molar-refractivity contribution in [3.63, 3.8) is 0 Å². The minimum Gasteiger partial charge on any atom is -0.383 e. The van der Waals surface area contributed by atoms with Gasteiger partial charge in [-0.15, -0.1) is 0 Å². The Kier molecular flexibility index (Phi) is 2.70. The number of fused-ring (bicyclic) bond motifs is 1. The minimum absolute atomic E-state index is 0.219. The van der Waals surface area contributed by atoms with Crippen molar-refractivity contribution < 1.29 is 4.39 Å². The second kappa shape index (κ2) is 4.24. The van der Waals surface area contributed by atoms with E-state index in [4.69, 9.17) is 5.73 Å². The maximum Gasteiger partial charge on any atom is 0.161 e. The molecule has 0 unspecified atom stereocenters. The molecule has 1 aromatic heterocycles. The Morgan fingerprint density at radius 3 is 2.89 bits per heavy atom. The third-order valence-corrected chi connectivity index (χ3v) is 4.00. The van der Waals surface area contributed by atoms with Crippen molar-refractivity contribution in [3.05, 3.63) is 40.8 Å². The molecule has 0 saturated heterocycles. The van der Waals surface area contributed by atoms with Crippen molar-refractivity contribution in [2.75, 3.05) is 5.73 Å². The number of aromatic nitrogens is 2. The van der Waals surface area contributed by atoms with Gasteiger partial charge in [-0.1, -0.05) is 0 Å². The van der Waals surface area contributed by atoms with Gasteiger partial charge in [0.25, 0.3) is 0 Å². The summed E-state index contributed by atoms with van der Waals surface area (Å²) in [6.45, 7) is 1.73. The van der Waals surface area contributed by atoms with E-state index in [1.807, 2.05) is 0 Å². The van der Waals surface area contributed by atoms with E-state index in [2.05, 4.69) is 9.97 Å². The Bertz CT molecular complexity index is 628. The Morgan fingerprint density at radius 2 is 2.11 bits per heavy atom. The Hall–Kier alpha value is -1.62. The molecule has 0 atom stereocenters. The van der Waals surface area contributed by atoms with Crippen LogP contribution in [-0.2, 0) is 11.5 Å². The molecule has 0 bridgehead atoms. The normalized spacial score (nSPS) is 13.7. The summed E-state index contributed by atoms with van der Waals surface area (Å²) >= 11 is 1.78. The van der Waals surface area contributed by atoms with Crippen LogP contribution in [0.1, 0.15) is 16.8 Å². The average molecular weight is 261 g/mol. The largest absolute Gasteiger partial charge is 0.383 e. The molecule has 0 amide bonds. The van der Waals surface area contributed by atoms with Crippen LogP contribution in [0.15, 0.2) is 18.2 Å². The van der Waals surface area contributed by atoms with Crippen LogP contribution < -0.4 is 5.73 Å². The monoisotopic (exact) mass is 261 g/mol. The van der Waals surface area contributed by atoms with Gasteiger partial charge in [-0.25, -0.2) is 14.4 Å². The number of nitrogen functional groups attached to an aromatic ring is 1. The number of aryl methyl sites for hydroxylation is 1. The van der Waals surface area contributed by atoms with E-state index in [9.17, 15) is 4.39 Å². The van der Waals surface area contributed by atoms with Crippen molar-refractivity contribution in [1.29, 1.82) is 0 Å². The van der Waals surface area contributed by atoms with E-state index < -0.39 is 0 Å². The molecule has 5 heteroatoms. The topological polar surface area (TPSA) is 51.8 Å². The van der Waals surface area contributed by atoms with Gasteiger partial charge in [0.05, 0.1) is 5.69 Å². The predicted octanol–water partition coefficient (Wildman–Crippen LogP) is 2.92. The summed E-state index contributed by atoms with van der Waals surface area (Å²) in [4.78, 5) is 8.84. The highest BCUT2D eigenvalue weighted by molar-refractivity contribution is 7.98. The molecule has 1 aromatic carbocycles. The summed E-state index contributed by atoms with van der Waals surface area (Å²) in [6.07, 6.45) is 0. The lowest BCUT2D eigenvalue weighted by molar-refractivity contribution is 0.618. The fourth-order valence-electron chi connectivity index (χ4n) is 1.99. The van der Waals surface area contributed by atoms with E-state index in [1.54, 1.807) is 30.8 Å². The van der Waals surface area contributed by atoms with Crippen LogP contribution in [0.3, 0.4) is 0 Å². The third-order valence-electron chi connectivity index (χ3n) is 3.03. The summed E-state index contributed by atoms with van der Waals surface area (Å²) in [5.41, 5.74) is 9.38. The number of benzene rings is 1. The van der Waals surface area contributed by atoms with Gasteiger partial charge >= 0.3 is 0 Å². The molecule has 0 saturated carbocycles. The lowest BCUT2D eigenvalue weighted by Crippen LogP contribution is -2.03. The van der Waals surface area contributed by atoms with Gasteiger partial charge < -0.3 is 5.73 Å². The van der Waals surface area contributed by atoms with Crippen molar-refractivity contribution in [2.24, 2.45) is 0 Å². The zero-order valence-corrected chi connectivity index (χ0v) is 10.7. The highest BCUT2D eigenvalue weighted by atomic mass is 32.2. The second-order valence-corrected chi connectivity index (χ2v) is 5.30. The van der Waals surface area contributed by atoms with Gasteiger partial charge in [0.2, 0.25) is 0 Å². The molecule has 2 N–H and O–H groups in total. The molecular weight excluding hydrogens is 249 g/mol. The molecule has 0 radical (unpaired) electrons. The van der Waals surface area contributed by atoms with Crippen LogP contribution in [0.25, 0.3) is 11.4 Å². The van der Waals surface area contributed by atoms with Crippen molar-refractivity contribution in [2.45, 2.75) is 18.4 Å². The van der Waals surface area contributed by atoms with Gasteiger partial charge in [0.15, 0.2) is 5.82 Å². The van der Waals surface area contributed by atoms with Crippen LogP contribution in [0.4, 0.5) is 10.2 Å². The Labute approximate surface area is 109 Å². The zero-order chi connectivity index (χ0) is 12.7. The number of hydrogen-bond donors (Lipinski definition) is 1. The quantitative estimate of drug-likeness (QED) is 0.857. The summed E-state index contributed by atoms with van der Waals surface area (Å²) in [7, 11) is 0. The zero-order valence-electron chi connectivity index (χ0n) is 9.90. The number of anilines is 1. The number of halogens is 1. The fraction of sp³-hybridized carbons (Fsp3) is 0.231. The van der Waals surface area contributed by atoms with E-state index >= 15 is 0 Å². The van der Waals surface area contributed by atoms with Gasteiger partial charge in [-0.3, -0.25) is 0 Å². The SMILES string of the molecule is Cc1cc(-c2nc(N)c3c(n2)CSC3)ccc1F. The van der Waals surface area contributed by atoms with Crippen LogP contribution in [0.2, 0.25) is 0 Å². The number of nitrogens with zero attached hydrogens (tertiary/aromatic N) is 2. The first-order valence-electron chi connectivity index (χ1n) is 5.64. The number of thioether (sulfide) groups is 1. The van der Waals surface area contributed by atoms with E-state index in [0.29, 0.717) is 17.2 Å². The number of nitrogens with two attached hydrogens (primary N) is 1. The first-order chi connectivity index (χ1) is 8.65. The van der Waals surface area contributed by atoms with Crippen LogP contribution in [0, 0.1) is 12.7 Å². The molecular formula is C13H12FN3S. The smallest absolute Gasteiger partial charge is 0.161 e. The molecule has 1 aliphatic heterocycles. The molecule has 0 spiro atoms. The van der Waals surface area contributed by atoms with Gasteiger partial charge in [0, 0.05) is 22.6 Å². The highest BCUT2D eigenvalue weighted by Crippen LogP contribution is 2.33. The molecule has 3 rings (SSSR count). The van der Waals surface area contributed by atoms with Crippen molar-refractivity contribution in [3.8, 4) is 11.4 Å². The molecule has 0 aliphatic carbocycles. The van der Waals surface area contributed by atoms with Crippen LogP contribution in [0.5, 0.6) is 0 Å². The van der Waals surface area contributed by atoms with Gasteiger partial charge in [-0.2, -0.15) is 11.8 Å². The summed E-state index contributed by atoms with van der Waals surface area (Å²) < 4.78 is 13.2. The molecule has 1 aliphatic rings. The van der Waals surface area contributed by atoms with E-state index in [1.165, 1.54) is 6.07 Å². The maximum atomic E-state index is 13.2. The van der Waals surface area contributed by atoms with Crippen molar-refractivity contribution >= 4 is 17.6 Å². The second-order valence-electron chi connectivity index (χ2n) is 4.31. The highest BCUT2D eigenvalue weighted by Gasteiger charge is 2.18. The Balaban J connectivity index is 2.12. The third kappa shape index (κ3) is 1.84. The average Bonchev–Trinajstić information content (AvgIpc) is 2.81. The van der Waals surface area contributed by atoms with Crippen molar-refractivity contribution in [1.82, 2.24) is 9.97 Å². The lowest BCUT2D eigenvalue weighted by atomic mass is 10.1. The van der Waals surface area contributed by atoms with Crippen LogP contribution >= 0.6 is 11.8 Å².